The minimum absolute atomic E-state index is 0.110. The van der Waals surface area contributed by atoms with Gasteiger partial charge in [0.15, 0.2) is 0 Å². The molecule has 2 rings (SSSR count). The highest BCUT2D eigenvalue weighted by molar-refractivity contribution is 7.09. The van der Waals surface area contributed by atoms with Gasteiger partial charge in [0.1, 0.15) is 12.2 Å². The summed E-state index contributed by atoms with van der Waals surface area (Å²) < 4.78 is 1.90. The van der Waals surface area contributed by atoms with Crippen molar-refractivity contribution in [3.63, 3.8) is 0 Å². The number of aromatic nitrogens is 4. The molecule has 92 valence electrons. The Morgan fingerprint density at radius 2 is 2.24 bits per heavy atom. The smallest absolute Gasteiger partial charge is 0.138 e. The van der Waals surface area contributed by atoms with Crippen molar-refractivity contribution in [1.29, 1.82) is 0 Å². The van der Waals surface area contributed by atoms with Crippen molar-refractivity contribution >= 4 is 11.3 Å². The highest BCUT2D eigenvalue weighted by Gasteiger charge is 2.15. The molecule has 0 fully saturated rings. The summed E-state index contributed by atoms with van der Waals surface area (Å²) in [4.78, 5) is 8.66. The zero-order valence-corrected chi connectivity index (χ0v) is 11.1. The van der Waals surface area contributed by atoms with E-state index in [-0.39, 0.29) is 6.04 Å². The molecule has 5 nitrogen and oxygen atoms in total. The van der Waals surface area contributed by atoms with E-state index in [1.165, 1.54) is 0 Å². The standard InChI is InChI=1S/C11H17N5S/c1-7(2)16-11(13-6-14-16)4-9(12)10-5-17-8(3)15-10/h5-7,9H,4,12H2,1-3H3. The third kappa shape index (κ3) is 2.70. The molecule has 2 aromatic rings. The van der Waals surface area contributed by atoms with Crippen molar-refractivity contribution in [3.05, 3.63) is 28.2 Å². The number of rotatable bonds is 4. The van der Waals surface area contributed by atoms with E-state index in [0.717, 1.165) is 16.5 Å². The van der Waals surface area contributed by atoms with Crippen LogP contribution in [0.2, 0.25) is 0 Å². The summed E-state index contributed by atoms with van der Waals surface area (Å²) in [5.41, 5.74) is 7.07. The minimum Gasteiger partial charge on any atom is -0.322 e. The van der Waals surface area contributed by atoms with Gasteiger partial charge in [-0.05, 0) is 20.8 Å². The van der Waals surface area contributed by atoms with E-state index >= 15 is 0 Å². The number of nitrogens with zero attached hydrogens (tertiary/aromatic N) is 4. The van der Waals surface area contributed by atoms with Crippen LogP contribution < -0.4 is 5.73 Å². The van der Waals surface area contributed by atoms with Crippen molar-refractivity contribution < 1.29 is 0 Å². The molecule has 2 heterocycles. The fourth-order valence-corrected chi connectivity index (χ4v) is 2.38. The van der Waals surface area contributed by atoms with Crippen molar-refractivity contribution in [3.8, 4) is 0 Å². The highest BCUT2D eigenvalue weighted by atomic mass is 32.1. The molecule has 1 unspecified atom stereocenters. The first-order valence-electron chi connectivity index (χ1n) is 5.64. The predicted molar refractivity (Wildman–Crippen MR) is 67.9 cm³/mol. The van der Waals surface area contributed by atoms with Gasteiger partial charge in [-0.15, -0.1) is 11.3 Å². The van der Waals surface area contributed by atoms with Crippen LogP contribution in [0.3, 0.4) is 0 Å². The molecule has 0 aliphatic heterocycles. The maximum absolute atomic E-state index is 6.13. The quantitative estimate of drug-likeness (QED) is 0.900. The van der Waals surface area contributed by atoms with Crippen LogP contribution in [0, 0.1) is 6.92 Å². The average Bonchev–Trinajstić information content (AvgIpc) is 2.86. The van der Waals surface area contributed by atoms with Crippen molar-refractivity contribution in [2.24, 2.45) is 5.73 Å². The number of nitrogens with two attached hydrogens (primary N) is 1. The van der Waals surface area contributed by atoms with E-state index in [1.807, 2.05) is 17.0 Å². The molecule has 0 amide bonds. The van der Waals surface area contributed by atoms with E-state index in [9.17, 15) is 0 Å². The molecule has 0 radical (unpaired) electrons. The molecule has 0 aliphatic carbocycles. The van der Waals surface area contributed by atoms with E-state index in [4.69, 9.17) is 5.73 Å². The zero-order valence-electron chi connectivity index (χ0n) is 10.3. The summed E-state index contributed by atoms with van der Waals surface area (Å²) in [6.07, 6.45) is 2.25. The maximum atomic E-state index is 6.13. The van der Waals surface area contributed by atoms with Crippen molar-refractivity contribution in [2.45, 2.75) is 39.3 Å². The molecule has 2 aromatic heterocycles. The van der Waals surface area contributed by atoms with Gasteiger partial charge >= 0.3 is 0 Å². The SMILES string of the molecule is Cc1nc(C(N)Cc2ncnn2C(C)C)cs1. The number of thiazole rings is 1. The Labute approximate surface area is 105 Å². The van der Waals surface area contributed by atoms with Crippen LogP contribution in [0.15, 0.2) is 11.7 Å². The summed E-state index contributed by atoms with van der Waals surface area (Å²) in [5.74, 6) is 0.915. The Balaban J connectivity index is 2.13. The van der Waals surface area contributed by atoms with Crippen molar-refractivity contribution in [2.75, 3.05) is 0 Å². The fraction of sp³-hybridized carbons (Fsp3) is 0.545. The molecule has 0 saturated heterocycles. The molecule has 0 bridgehead atoms. The predicted octanol–water partition coefficient (Wildman–Crippen LogP) is 1.87. The molecule has 0 aliphatic rings. The normalized spacial score (nSPS) is 13.2. The lowest BCUT2D eigenvalue weighted by Gasteiger charge is -2.12. The van der Waals surface area contributed by atoms with Gasteiger partial charge in [0, 0.05) is 17.8 Å². The minimum atomic E-state index is -0.110. The van der Waals surface area contributed by atoms with Gasteiger partial charge in [0.25, 0.3) is 0 Å². The second kappa shape index (κ2) is 4.93. The maximum Gasteiger partial charge on any atom is 0.138 e. The molecule has 0 saturated carbocycles. The first-order valence-corrected chi connectivity index (χ1v) is 6.52. The topological polar surface area (TPSA) is 69.6 Å². The summed E-state index contributed by atoms with van der Waals surface area (Å²) in [7, 11) is 0. The lowest BCUT2D eigenvalue weighted by atomic mass is 10.1. The Bertz CT molecular complexity index is 488. The zero-order chi connectivity index (χ0) is 12.4. The molecule has 2 N–H and O–H groups in total. The van der Waals surface area contributed by atoms with Gasteiger partial charge in [-0.25, -0.2) is 14.6 Å². The van der Waals surface area contributed by atoms with Crippen molar-refractivity contribution in [1.82, 2.24) is 19.7 Å². The van der Waals surface area contributed by atoms with Gasteiger partial charge in [-0.2, -0.15) is 5.10 Å². The summed E-state index contributed by atoms with van der Waals surface area (Å²) in [6, 6.07) is 0.193. The molecular formula is C11H17N5S. The van der Waals surface area contributed by atoms with Crippen LogP contribution >= 0.6 is 11.3 Å². The van der Waals surface area contributed by atoms with Crippen LogP contribution in [-0.2, 0) is 6.42 Å². The van der Waals surface area contributed by atoms with Gasteiger partial charge in [-0.1, -0.05) is 0 Å². The third-order valence-electron chi connectivity index (χ3n) is 2.56. The van der Waals surface area contributed by atoms with Gasteiger partial charge in [0.05, 0.1) is 16.7 Å². The molecule has 17 heavy (non-hydrogen) atoms. The average molecular weight is 251 g/mol. The number of aryl methyl sites for hydroxylation is 1. The molecule has 1 atom stereocenters. The largest absolute Gasteiger partial charge is 0.322 e. The van der Waals surface area contributed by atoms with E-state index in [1.54, 1.807) is 17.7 Å². The summed E-state index contributed by atoms with van der Waals surface area (Å²) in [5, 5.41) is 7.25. The monoisotopic (exact) mass is 251 g/mol. The highest BCUT2D eigenvalue weighted by Crippen LogP contribution is 2.18. The Morgan fingerprint density at radius 3 is 2.82 bits per heavy atom. The fourth-order valence-electron chi connectivity index (χ4n) is 1.70. The summed E-state index contributed by atoms with van der Waals surface area (Å²) in [6.45, 7) is 6.14. The first-order chi connectivity index (χ1) is 8.08. The van der Waals surface area contributed by atoms with E-state index < -0.39 is 0 Å². The van der Waals surface area contributed by atoms with E-state index in [2.05, 4.69) is 28.9 Å². The van der Waals surface area contributed by atoms with E-state index in [0.29, 0.717) is 12.5 Å². The Hall–Kier alpha value is -1.27. The van der Waals surface area contributed by atoms with Crippen LogP contribution in [0.4, 0.5) is 0 Å². The second-order valence-electron chi connectivity index (χ2n) is 4.32. The molecule has 6 heteroatoms. The summed E-state index contributed by atoms with van der Waals surface area (Å²) >= 11 is 1.62. The lowest BCUT2D eigenvalue weighted by Crippen LogP contribution is -2.18. The van der Waals surface area contributed by atoms with Gasteiger partial charge in [0.2, 0.25) is 0 Å². The molecule has 0 aromatic carbocycles. The first kappa shape index (κ1) is 12.2. The van der Waals surface area contributed by atoms with Gasteiger partial charge in [-0.3, -0.25) is 0 Å². The Kier molecular flexibility index (Phi) is 3.54. The second-order valence-corrected chi connectivity index (χ2v) is 5.38. The molecular weight excluding hydrogens is 234 g/mol. The van der Waals surface area contributed by atoms with Crippen LogP contribution in [-0.4, -0.2) is 19.7 Å². The number of hydrogen-bond acceptors (Lipinski definition) is 5. The third-order valence-corrected chi connectivity index (χ3v) is 3.35. The number of hydrogen-bond donors (Lipinski definition) is 1. The van der Waals surface area contributed by atoms with Crippen LogP contribution in [0.25, 0.3) is 0 Å². The molecule has 0 spiro atoms. The van der Waals surface area contributed by atoms with Crippen LogP contribution in [0.1, 0.15) is 42.5 Å². The van der Waals surface area contributed by atoms with Gasteiger partial charge < -0.3 is 5.73 Å². The lowest BCUT2D eigenvalue weighted by molar-refractivity contribution is 0.492. The Morgan fingerprint density at radius 1 is 1.47 bits per heavy atom. The van der Waals surface area contributed by atoms with Crippen LogP contribution in [0.5, 0.6) is 0 Å².